The van der Waals surface area contributed by atoms with Gasteiger partial charge in [0.2, 0.25) is 0 Å². The van der Waals surface area contributed by atoms with Gasteiger partial charge in [0.05, 0.1) is 11.5 Å². The second kappa shape index (κ2) is 6.04. The predicted octanol–water partition coefficient (Wildman–Crippen LogP) is 2.32. The number of aryl methyl sites for hydroxylation is 1. The van der Waals surface area contributed by atoms with Crippen molar-refractivity contribution in [3.63, 3.8) is 0 Å². The first-order chi connectivity index (χ1) is 10.5. The maximum absolute atomic E-state index is 11.6. The molecular formula is C15H19N3O2S2. The quantitative estimate of drug-likeness (QED) is 0.801. The summed E-state index contributed by atoms with van der Waals surface area (Å²) >= 11 is 1.63. The van der Waals surface area contributed by atoms with E-state index in [1.54, 1.807) is 11.8 Å². The molecule has 0 radical (unpaired) electrons. The van der Waals surface area contributed by atoms with E-state index in [1.165, 1.54) is 11.1 Å². The van der Waals surface area contributed by atoms with Crippen molar-refractivity contribution in [3.05, 3.63) is 41.2 Å². The van der Waals surface area contributed by atoms with Gasteiger partial charge in [-0.2, -0.15) is 0 Å². The summed E-state index contributed by atoms with van der Waals surface area (Å²) in [6, 6.07) is 8.28. The third-order valence-corrected chi connectivity index (χ3v) is 6.92. The van der Waals surface area contributed by atoms with Crippen molar-refractivity contribution in [2.45, 2.75) is 30.2 Å². The normalized spacial score (nSPS) is 20.4. The Morgan fingerprint density at radius 1 is 1.32 bits per heavy atom. The highest BCUT2D eigenvalue weighted by molar-refractivity contribution is 7.98. The van der Waals surface area contributed by atoms with Gasteiger partial charge in [0.25, 0.3) is 0 Å². The van der Waals surface area contributed by atoms with Gasteiger partial charge >= 0.3 is 0 Å². The summed E-state index contributed by atoms with van der Waals surface area (Å²) in [5, 5.41) is 9.30. The fourth-order valence-electron chi connectivity index (χ4n) is 2.72. The summed E-state index contributed by atoms with van der Waals surface area (Å²) in [5.41, 5.74) is 2.54. The molecule has 1 atom stereocenters. The molecule has 3 rings (SSSR count). The molecule has 0 amide bonds. The molecule has 0 N–H and O–H groups in total. The third kappa shape index (κ3) is 3.20. The van der Waals surface area contributed by atoms with Gasteiger partial charge in [0.15, 0.2) is 15.0 Å². The fourth-order valence-corrected chi connectivity index (χ4v) is 5.45. The molecule has 118 valence electrons. The van der Waals surface area contributed by atoms with Crippen LogP contribution < -0.4 is 0 Å². The Kier molecular flexibility index (Phi) is 4.27. The summed E-state index contributed by atoms with van der Waals surface area (Å²) in [6.45, 7) is 2.10. The van der Waals surface area contributed by atoms with Crippen LogP contribution in [-0.2, 0) is 22.6 Å². The Morgan fingerprint density at radius 2 is 2.09 bits per heavy atom. The lowest BCUT2D eigenvalue weighted by Crippen LogP contribution is -2.09. The third-order valence-electron chi connectivity index (χ3n) is 4.08. The number of hydrogen-bond acceptors (Lipinski definition) is 5. The van der Waals surface area contributed by atoms with E-state index in [4.69, 9.17) is 0 Å². The van der Waals surface area contributed by atoms with Crippen LogP contribution in [0.25, 0.3) is 0 Å². The lowest BCUT2D eigenvalue weighted by atomic mass is 10.1. The number of hydrogen-bond donors (Lipinski definition) is 0. The maximum atomic E-state index is 11.6. The van der Waals surface area contributed by atoms with Gasteiger partial charge in [-0.3, -0.25) is 0 Å². The topological polar surface area (TPSA) is 64.8 Å². The number of nitrogens with zero attached hydrogens (tertiary/aromatic N) is 3. The van der Waals surface area contributed by atoms with E-state index in [0.717, 1.165) is 16.7 Å². The molecule has 22 heavy (non-hydrogen) atoms. The van der Waals surface area contributed by atoms with Crippen LogP contribution in [0.5, 0.6) is 0 Å². The molecule has 0 spiro atoms. The van der Waals surface area contributed by atoms with Gasteiger partial charge in [-0.15, -0.1) is 10.2 Å². The molecule has 2 heterocycles. The zero-order valence-corrected chi connectivity index (χ0v) is 14.3. The fraction of sp³-hybridized carbons (Fsp3) is 0.467. The lowest BCUT2D eigenvalue weighted by molar-refractivity contribution is 0.599. The van der Waals surface area contributed by atoms with Crippen LogP contribution >= 0.6 is 11.8 Å². The first-order valence-electron chi connectivity index (χ1n) is 7.23. The Morgan fingerprint density at radius 3 is 2.77 bits per heavy atom. The van der Waals surface area contributed by atoms with Crippen molar-refractivity contribution in [3.8, 4) is 0 Å². The average Bonchev–Trinajstić information content (AvgIpc) is 3.01. The first kappa shape index (κ1) is 15.6. The molecule has 1 aliphatic heterocycles. The first-order valence-corrected chi connectivity index (χ1v) is 10.0. The van der Waals surface area contributed by atoms with E-state index in [9.17, 15) is 8.42 Å². The van der Waals surface area contributed by atoms with Crippen LogP contribution in [0.1, 0.15) is 29.3 Å². The summed E-state index contributed by atoms with van der Waals surface area (Å²) in [5.74, 6) is 2.06. The van der Waals surface area contributed by atoms with Crippen LogP contribution in [0.15, 0.2) is 29.4 Å². The van der Waals surface area contributed by atoms with Gasteiger partial charge in [-0.05, 0) is 24.5 Å². The van der Waals surface area contributed by atoms with E-state index >= 15 is 0 Å². The Labute approximate surface area is 135 Å². The van der Waals surface area contributed by atoms with Crippen molar-refractivity contribution in [2.24, 2.45) is 7.05 Å². The van der Waals surface area contributed by atoms with Crippen LogP contribution in [0.2, 0.25) is 0 Å². The Bertz CT molecular complexity index is 784. The number of sulfone groups is 1. The lowest BCUT2D eigenvalue weighted by Gasteiger charge is -2.08. The van der Waals surface area contributed by atoms with Crippen LogP contribution in [0.3, 0.4) is 0 Å². The molecular weight excluding hydrogens is 318 g/mol. The largest absolute Gasteiger partial charge is 0.309 e. The van der Waals surface area contributed by atoms with Crippen molar-refractivity contribution in [2.75, 3.05) is 11.5 Å². The number of aromatic nitrogens is 3. The molecule has 1 unspecified atom stereocenters. The van der Waals surface area contributed by atoms with Gasteiger partial charge in [-0.25, -0.2) is 8.42 Å². The standard InChI is InChI=1S/C15H19N3O2S2/c1-11-5-3-4-6-12(11)9-21-15-17-16-14(18(15)2)13-7-8-22(19,20)10-13/h3-6,13H,7-10H2,1-2H3. The molecule has 0 aliphatic carbocycles. The Hall–Kier alpha value is -1.34. The minimum atomic E-state index is -2.90. The van der Waals surface area contributed by atoms with Crippen molar-refractivity contribution in [1.29, 1.82) is 0 Å². The summed E-state index contributed by atoms with van der Waals surface area (Å²) in [7, 11) is -0.983. The average molecular weight is 337 g/mol. The van der Waals surface area contributed by atoms with Gasteiger partial charge < -0.3 is 4.57 Å². The number of thioether (sulfide) groups is 1. The van der Waals surface area contributed by atoms with Crippen LogP contribution in [0, 0.1) is 6.92 Å². The molecule has 1 aromatic heterocycles. The summed E-state index contributed by atoms with van der Waals surface area (Å²) in [6.07, 6.45) is 0.650. The van der Waals surface area contributed by atoms with Crippen LogP contribution in [0.4, 0.5) is 0 Å². The molecule has 1 aliphatic rings. The highest BCUT2D eigenvalue weighted by Crippen LogP contribution is 2.30. The van der Waals surface area contributed by atoms with E-state index in [2.05, 4.69) is 29.3 Å². The minimum Gasteiger partial charge on any atom is -0.309 e. The van der Waals surface area contributed by atoms with Gasteiger partial charge in [-0.1, -0.05) is 36.0 Å². The second-order valence-electron chi connectivity index (χ2n) is 5.71. The highest BCUT2D eigenvalue weighted by atomic mass is 32.2. The molecule has 7 heteroatoms. The molecule has 5 nitrogen and oxygen atoms in total. The SMILES string of the molecule is Cc1ccccc1CSc1nnc(C2CCS(=O)(=O)C2)n1C. The van der Waals surface area contributed by atoms with Crippen molar-refractivity contribution in [1.82, 2.24) is 14.8 Å². The predicted molar refractivity (Wildman–Crippen MR) is 87.8 cm³/mol. The second-order valence-corrected chi connectivity index (χ2v) is 8.89. The van der Waals surface area contributed by atoms with E-state index in [0.29, 0.717) is 6.42 Å². The Balaban J connectivity index is 1.73. The summed E-state index contributed by atoms with van der Waals surface area (Å²) < 4.78 is 25.2. The number of rotatable bonds is 4. The summed E-state index contributed by atoms with van der Waals surface area (Å²) in [4.78, 5) is 0. The van der Waals surface area contributed by atoms with E-state index in [-0.39, 0.29) is 17.4 Å². The maximum Gasteiger partial charge on any atom is 0.191 e. The van der Waals surface area contributed by atoms with Crippen molar-refractivity contribution >= 4 is 21.6 Å². The van der Waals surface area contributed by atoms with Gasteiger partial charge in [0, 0.05) is 18.7 Å². The van der Waals surface area contributed by atoms with Crippen molar-refractivity contribution < 1.29 is 8.42 Å². The van der Waals surface area contributed by atoms with Gasteiger partial charge in [0.1, 0.15) is 5.82 Å². The van der Waals surface area contributed by atoms with E-state index < -0.39 is 9.84 Å². The monoisotopic (exact) mass is 337 g/mol. The molecule has 0 bridgehead atoms. The molecule has 1 aromatic carbocycles. The number of benzene rings is 1. The molecule has 0 saturated carbocycles. The zero-order chi connectivity index (χ0) is 15.7. The molecule has 1 fully saturated rings. The smallest absolute Gasteiger partial charge is 0.191 e. The highest BCUT2D eigenvalue weighted by Gasteiger charge is 2.32. The zero-order valence-electron chi connectivity index (χ0n) is 12.7. The van der Waals surface area contributed by atoms with E-state index in [1.807, 2.05) is 23.7 Å². The molecule has 1 saturated heterocycles. The van der Waals surface area contributed by atoms with Crippen LogP contribution in [-0.4, -0.2) is 34.7 Å². The minimum absolute atomic E-state index is 0.0182. The molecule has 2 aromatic rings.